The number of benzene rings is 1. The summed E-state index contributed by atoms with van der Waals surface area (Å²) in [6.45, 7) is 1.98. The van der Waals surface area contributed by atoms with E-state index in [1.165, 1.54) is 18.4 Å². The zero-order valence-electron chi connectivity index (χ0n) is 17.1. The fourth-order valence-corrected chi connectivity index (χ4v) is 3.59. The average molecular weight is 425 g/mol. The molecule has 0 aromatic heterocycles. The van der Waals surface area contributed by atoms with E-state index in [2.05, 4.69) is 22.9 Å². The van der Waals surface area contributed by atoms with Crippen LogP contribution < -0.4 is 20.7 Å². The maximum atomic E-state index is 12.2. The molecule has 1 fully saturated rings. The summed E-state index contributed by atoms with van der Waals surface area (Å²) in [6, 6.07) is 4.50. The summed E-state index contributed by atoms with van der Waals surface area (Å²) in [6.07, 6.45) is 4.26. The summed E-state index contributed by atoms with van der Waals surface area (Å²) in [5.74, 6) is 0.0826. The first-order valence-electron chi connectivity index (χ1n) is 9.70. The predicted molar refractivity (Wildman–Crippen MR) is 112 cm³/mol. The molecule has 0 radical (unpaired) electrons. The zero-order valence-corrected chi connectivity index (χ0v) is 17.8. The van der Waals surface area contributed by atoms with E-state index in [9.17, 15) is 14.4 Å². The number of nitrogens with zero attached hydrogens (tertiary/aromatic N) is 1. The number of carbonyl (C=O) groups excluding carboxylic acids is 3. The van der Waals surface area contributed by atoms with Gasteiger partial charge in [0.05, 0.1) is 25.9 Å². The zero-order chi connectivity index (χ0) is 21.4. The minimum absolute atomic E-state index is 0.0373. The van der Waals surface area contributed by atoms with Crippen molar-refractivity contribution in [1.29, 1.82) is 0 Å². The van der Waals surface area contributed by atoms with Crippen LogP contribution in [0.15, 0.2) is 18.2 Å². The molecule has 0 aliphatic heterocycles. The second-order valence-corrected chi connectivity index (χ2v) is 7.89. The van der Waals surface area contributed by atoms with Crippen LogP contribution >= 0.6 is 11.6 Å². The molecule has 160 valence electrons. The summed E-state index contributed by atoms with van der Waals surface area (Å²) >= 11 is 5.95. The summed E-state index contributed by atoms with van der Waals surface area (Å²) < 4.78 is 5.19. The Morgan fingerprint density at radius 3 is 2.55 bits per heavy atom. The molecule has 1 aromatic carbocycles. The van der Waals surface area contributed by atoms with Gasteiger partial charge in [0.25, 0.3) is 0 Å². The lowest BCUT2D eigenvalue weighted by Crippen LogP contribution is -2.50. The van der Waals surface area contributed by atoms with Crippen LogP contribution in [0.1, 0.15) is 32.6 Å². The maximum Gasteiger partial charge on any atom is 0.321 e. The molecule has 29 heavy (non-hydrogen) atoms. The van der Waals surface area contributed by atoms with Gasteiger partial charge in [-0.1, -0.05) is 31.4 Å². The lowest BCUT2D eigenvalue weighted by molar-refractivity contribution is -0.122. The lowest BCUT2D eigenvalue weighted by Gasteiger charge is -2.29. The van der Waals surface area contributed by atoms with E-state index in [0.717, 1.165) is 19.3 Å². The Labute approximate surface area is 176 Å². The first-order chi connectivity index (χ1) is 13.8. The molecule has 1 aromatic rings. The minimum Gasteiger partial charge on any atom is -0.495 e. The third kappa shape index (κ3) is 7.55. The molecule has 2 rings (SSSR count). The summed E-state index contributed by atoms with van der Waals surface area (Å²) in [5, 5.41) is 8.37. The number of halogens is 1. The van der Waals surface area contributed by atoms with Crippen LogP contribution in [0.4, 0.5) is 10.5 Å². The number of imide groups is 1. The number of likely N-dealkylation sites (N-methyl/N-ethyl adjacent to an activating group) is 1. The highest BCUT2D eigenvalue weighted by Gasteiger charge is 2.23. The van der Waals surface area contributed by atoms with Gasteiger partial charge in [-0.25, -0.2) is 4.79 Å². The summed E-state index contributed by atoms with van der Waals surface area (Å²) in [7, 11) is 3.12. The number of ether oxygens (including phenoxy) is 1. The van der Waals surface area contributed by atoms with Crippen molar-refractivity contribution >= 4 is 35.1 Å². The molecule has 3 N–H and O–H groups in total. The van der Waals surface area contributed by atoms with Gasteiger partial charge in [-0.2, -0.15) is 0 Å². The van der Waals surface area contributed by atoms with Crippen molar-refractivity contribution in [1.82, 2.24) is 15.5 Å². The molecule has 8 nitrogen and oxygen atoms in total. The number of hydrogen-bond acceptors (Lipinski definition) is 5. The Morgan fingerprint density at radius 2 is 1.86 bits per heavy atom. The molecule has 2 atom stereocenters. The van der Waals surface area contributed by atoms with Crippen molar-refractivity contribution in [3.63, 3.8) is 0 Å². The molecule has 0 bridgehead atoms. The number of methoxy groups -OCH3 is 1. The van der Waals surface area contributed by atoms with E-state index < -0.39 is 11.9 Å². The number of urea groups is 1. The van der Waals surface area contributed by atoms with Crippen molar-refractivity contribution in [2.45, 2.75) is 38.6 Å². The van der Waals surface area contributed by atoms with Gasteiger partial charge in [0.1, 0.15) is 5.75 Å². The largest absolute Gasteiger partial charge is 0.495 e. The molecule has 0 unspecified atom stereocenters. The molecule has 1 aliphatic carbocycles. The lowest BCUT2D eigenvalue weighted by atomic mass is 9.86. The van der Waals surface area contributed by atoms with Gasteiger partial charge in [-0.05, 0) is 44.0 Å². The van der Waals surface area contributed by atoms with E-state index in [-0.39, 0.29) is 25.0 Å². The van der Waals surface area contributed by atoms with Crippen molar-refractivity contribution in [2.75, 3.05) is 32.6 Å². The average Bonchev–Trinajstić information content (AvgIpc) is 2.63. The normalized spacial score (nSPS) is 18.8. The number of nitrogens with one attached hydrogen (secondary N) is 3. The second kappa shape index (κ2) is 11.0. The molecule has 1 saturated carbocycles. The standard InChI is InChI=1S/C20H29ClN4O4/c1-13-6-4-5-7-15(13)23-20(28)24-19(27)12-25(2)11-18(26)22-16-10-14(21)8-9-17(16)29-3/h8-10,13,15H,4-7,11-12H2,1-3H3,(H,22,26)(H2,23,24,27,28)/t13-,15+/m1/s1. The van der Waals surface area contributed by atoms with Crippen molar-refractivity contribution < 1.29 is 19.1 Å². The number of anilines is 1. The van der Waals surface area contributed by atoms with E-state index in [0.29, 0.717) is 22.4 Å². The van der Waals surface area contributed by atoms with Crippen LogP contribution in [-0.2, 0) is 9.59 Å². The van der Waals surface area contributed by atoms with Crippen molar-refractivity contribution in [2.24, 2.45) is 5.92 Å². The van der Waals surface area contributed by atoms with Crippen molar-refractivity contribution in [3.05, 3.63) is 23.2 Å². The monoisotopic (exact) mass is 424 g/mol. The Morgan fingerprint density at radius 1 is 1.17 bits per heavy atom. The third-order valence-electron chi connectivity index (χ3n) is 4.94. The highest BCUT2D eigenvalue weighted by Crippen LogP contribution is 2.27. The van der Waals surface area contributed by atoms with Gasteiger partial charge in [-0.15, -0.1) is 0 Å². The van der Waals surface area contributed by atoms with E-state index in [4.69, 9.17) is 16.3 Å². The fourth-order valence-electron chi connectivity index (χ4n) is 3.42. The Balaban J connectivity index is 1.77. The quantitative estimate of drug-likeness (QED) is 0.624. The van der Waals surface area contributed by atoms with E-state index in [1.807, 2.05) is 0 Å². The fraction of sp³-hybridized carbons (Fsp3) is 0.550. The number of carbonyl (C=O) groups is 3. The maximum absolute atomic E-state index is 12.2. The SMILES string of the molecule is COc1ccc(Cl)cc1NC(=O)CN(C)CC(=O)NC(=O)N[C@H]1CCCC[C@H]1C. The van der Waals surface area contributed by atoms with E-state index >= 15 is 0 Å². The first-order valence-corrected chi connectivity index (χ1v) is 10.1. The number of amides is 4. The van der Waals surface area contributed by atoms with Crippen LogP contribution in [-0.4, -0.2) is 56.0 Å². The number of hydrogen-bond donors (Lipinski definition) is 3. The van der Waals surface area contributed by atoms with Crippen LogP contribution in [0, 0.1) is 5.92 Å². The Hall–Kier alpha value is -2.32. The Bertz CT molecular complexity index is 743. The van der Waals surface area contributed by atoms with Crippen LogP contribution in [0.2, 0.25) is 5.02 Å². The van der Waals surface area contributed by atoms with Crippen LogP contribution in [0.5, 0.6) is 5.75 Å². The Kier molecular flexibility index (Phi) is 8.72. The van der Waals surface area contributed by atoms with Gasteiger partial charge in [0.2, 0.25) is 11.8 Å². The molecular weight excluding hydrogens is 396 g/mol. The topological polar surface area (TPSA) is 99.8 Å². The number of rotatable bonds is 7. The molecular formula is C20H29ClN4O4. The first kappa shape index (κ1) is 23.0. The van der Waals surface area contributed by atoms with E-state index in [1.54, 1.807) is 25.2 Å². The smallest absolute Gasteiger partial charge is 0.321 e. The van der Waals surface area contributed by atoms with Crippen LogP contribution in [0.25, 0.3) is 0 Å². The molecule has 1 aliphatic rings. The van der Waals surface area contributed by atoms with Gasteiger partial charge < -0.3 is 15.4 Å². The molecule has 0 saturated heterocycles. The van der Waals surface area contributed by atoms with Gasteiger partial charge in [0, 0.05) is 11.1 Å². The van der Waals surface area contributed by atoms with Crippen molar-refractivity contribution in [3.8, 4) is 5.75 Å². The van der Waals surface area contributed by atoms with Crippen LogP contribution in [0.3, 0.4) is 0 Å². The molecule has 0 heterocycles. The van der Waals surface area contributed by atoms with Gasteiger partial charge in [0.15, 0.2) is 0 Å². The summed E-state index contributed by atoms with van der Waals surface area (Å²) in [4.78, 5) is 37.9. The highest BCUT2D eigenvalue weighted by molar-refractivity contribution is 6.31. The highest BCUT2D eigenvalue weighted by atomic mass is 35.5. The van der Waals surface area contributed by atoms with Gasteiger partial charge in [-0.3, -0.25) is 19.8 Å². The molecule has 4 amide bonds. The minimum atomic E-state index is -0.490. The second-order valence-electron chi connectivity index (χ2n) is 7.45. The molecule has 0 spiro atoms. The van der Waals surface area contributed by atoms with Gasteiger partial charge >= 0.3 is 6.03 Å². The molecule has 9 heteroatoms. The third-order valence-corrected chi connectivity index (χ3v) is 5.18. The predicted octanol–water partition coefficient (Wildman–Crippen LogP) is 2.62. The summed E-state index contributed by atoms with van der Waals surface area (Å²) in [5.41, 5.74) is 0.448.